The number of morpholine rings is 2. The van der Waals surface area contributed by atoms with Crippen LogP contribution in [0.2, 0.25) is 0 Å². The smallest absolute Gasteiger partial charge is 0.243 e. The summed E-state index contributed by atoms with van der Waals surface area (Å²) in [4.78, 5) is 15.3. The van der Waals surface area contributed by atoms with E-state index in [2.05, 4.69) is 10.2 Å². The van der Waals surface area contributed by atoms with Crippen LogP contribution in [0, 0.1) is 0 Å². The van der Waals surface area contributed by atoms with Crippen molar-refractivity contribution in [1.29, 1.82) is 0 Å². The average molecular weight is 474 g/mol. The van der Waals surface area contributed by atoms with Crippen LogP contribution in [0.3, 0.4) is 0 Å². The molecule has 2 heterocycles. The summed E-state index contributed by atoms with van der Waals surface area (Å²) in [7, 11) is -3.68. The number of nitrogens with zero attached hydrogens (tertiary/aromatic N) is 2. The van der Waals surface area contributed by atoms with Gasteiger partial charge in [-0.2, -0.15) is 4.31 Å². The lowest BCUT2D eigenvalue weighted by molar-refractivity contribution is -0.116. The van der Waals surface area contributed by atoms with E-state index in [0.717, 1.165) is 11.3 Å². The van der Waals surface area contributed by atoms with Crippen LogP contribution < -0.4 is 10.2 Å². The van der Waals surface area contributed by atoms with Gasteiger partial charge < -0.3 is 19.7 Å². The first-order chi connectivity index (χ1) is 15.9. The molecule has 0 aromatic heterocycles. The molecule has 2 aliphatic heterocycles. The summed E-state index contributed by atoms with van der Waals surface area (Å²) in [5, 5.41) is 2.99. The second-order valence-electron chi connectivity index (χ2n) is 8.36. The normalized spacial score (nSPS) is 18.6. The number of hydrogen-bond donors (Lipinski definition) is 1. The van der Waals surface area contributed by atoms with E-state index in [1.807, 2.05) is 37.3 Å². The van der Waals surface area contributed by atoms with Crippen LogP contribution in [0.15, 0.2) is 53.4 Å². The number of amides is 1. The van der Waals surface area contributed by atoms with Crippen LogP contribution >= 0.6 is 0 Å². The van der Waals surface area contributed by atoms with Crippen LogP contribution in [-0.2, 0) is 24.3 Å². The minimum Gasteiger partial charge on any atom is -0.379 e. The summed E-state index contributed by atoms with van der Waals surface area (Å²) >= 11 is 0. The molecular weight excluding hydrogens is 442 g/mol. The molecule has 1 N–H and O–H groups in total. The van der Waals surface area contributed by atoms with Crippen molar-refractivity contribution in [2.24, 2.45) is 0 Å². The summed E-state index contributed by atoms with van der Waals surface area (Å²) in [6.07, 6.45) is 0.299. The van der Waals surface area contributed by atoms with Gasteiger partial charge in [0.1, 0.15) is 0 Å². The lowest BCUT2D eigenvalue weighted by Gasteiger charge is -2.31. The highest BCUT2D eigenvalue weighted by Crippen LogP contribution is 2.32. The van der Waals surface area contributed by atoms with Crippen LogP contribution in [-0.4, -0.2) is 71.2 Å². The predicted molar refractivity (Wildman–Crippen MR) is 127 cm³/mol. The van der Waals surface area contributed by atoms with Gasteiger partial charge in [0.2, 0.25) is 15.9 Å². The Bertz CT molecular complexity index is 1050. The first kappa shape index (κ1) is 23.7. The zero-order valence-electron chi connectivity index (χ0n) is 18.9. The molecule has 2 saturated heterocycles. The number of ether oxygens (including phenoxy) is 2. The summed E-state index contributed by atoms with van der Waals surface area (Å²) in [6, 6.07) is 14.9. The maximum atomic E-state index is 13.2. The van der Waals surface area contributed by atoms with Crippen molar-refractivity contribution in [3.8, 4) is 0 Å². The number of carbonyl (C=O) groups is 1. The third-order valence-corrected chi connectivity index (χ3v) is 7.96. The highest BCUT2D eigenvalue weighted by atomic mass is 32.2. The molecule has 1 atom stereocenters. The van der Waals surface area contributed by atoms with Crippen molar-refractivity contribution in [2.45, 2.75) is 24.2 Å². The van der Waals surface area contributed by atoms with Crippen LogP contribution in [0.5, 0.6) is 0 Å². The Morgan fingerprint density at radius 3 is 2.27 bits per heavy atom. The van der Waals surface area contributed by atoms with E-state index in [1.54, 1.807) is 18.2 Å². The first-order valence-electron chi connectivity index (χ1n) is 11.3. The van der Waals surface area contributed by atoms with E-state index in [0.29, 0.717) is 64.7 Å². The van der Waals surface area contributed by atoms with Gasteiger partial charge in [0.05, 0.1) is 42.7 Å². The van der Waals surface area contributed by atoms with Crippen molar-refractivity contribution in [3.05, 3.63) is 54.1 Å². The molecule has 0 aliphatic carbocycles. The molecule has 2 aliphatic rings. The van der Waals surface area contributed by atoms with Gasteiger partial charge in [0.25, 0.3) is 0 Å². The molecule has 178 valence electrons. The lowest BCUT2D eigenvalue weighted by Crippen LogP contribution is -2.40. The Labute approximate surface area is 195 Å². The SMILES string of the molecule is CC(CC(=O)Nc1cc(S(=O)(=O)N2CCOCC2)ccc1N1CCOCC1)c1ccccc1. The molecule has 4 rings (SSSR count). The van der Waals surface area contributed by atoms with E-state index in [1.165, 1.54) is 4.31 Å². The fourth-order valence-corrected chi connectivity index (χ4v) is 5.61. The molecule has 33 heavy (non-hydrogen) atoms. The lowest BCUT2D eigenvalue weighted by atomic mass is 9.97. The van der Waals surface area contributed by atoms with Crippen molar-refractivity contribution in [2.75, 3.05) is 62.8 Å². The van der Waals surface area contributed by atoms with Crippen LogP contribution in [0.4, 0.5) is 11.4 Å². The quantitative estimate of drug-likeness (QED) is 0.665. The predicted octanol–water partition coefficient (Wildman–Crippen LogP) is 2.68. The topological polar surface area (TPSA) is 88.2 Å². The zero-order valence-corrected chi connectivity index (χ0v) is 19.7. The minimum atomic E-state index is -3.68. The molecule has 0 bridgehead atoms. The molecule has 2 fully saturated rings. The number of anilines is 2. The van der Waals surface area contributed by atoms with Crippen molar-refractivity contribution < 1.29 is 22.7 Å². The molecule has 0 radical (unpaired) electrons. The summed E-state index contributed by atoms with van der Waals surface area (Å²) in [5.41, 5.74) is 2.40. The maximum Gasteiger partial charge on any atom is 0.243 e. The summed E-state index contributed by atoms with van der Waals surface area (Å²) < 4.78 is 38.6. The molecule has 2 aromatic carbocycles. The van der Waals surface area contributed by atoms with Gasteiger partial charge in [0.15, 0.2) is 0 Å². The highest BCUT2D eigenvalue weighted by molar-refractivity contribution is 7.89. The van der Waals surface area contributed by atoms with E-state index < -0.39 is 10.0 Å². The van der Waals surface area contributed by atoms with Crippen molar-refractivity contribution >= 4 is 27.3 Å². The van der Waals surface area contributed by atoms with Gasteiger partial charge >= 0.3 is 0 Å². The van der Waals surface area contributed by atoms with Gasteiger partial charge in [-0.3, -0.25) is 4.79 Å². The van der Waals surface area contributed by atoms with Gasteiger partial charge in [-0.15, -0.1) is 0 Å². The third-order valence-electron chi connectivity index (χ3n) is 6.06. The Kier molecular flexibility index (Phi) is 7.64. The Morgan fingerprint density at radius 1 is 0.970 bits per heavy atom. The molecule has 9 heteroatoms. The third kappa shape index (κ3) is 5.73. The number of sulfonamides is 1. The van der Waals surface area contributed by atoms with Crippen LogP contribution in [0.25, 0.3) is 0 Å². The largest absolute Gasteiger partial charge is 0.379 e. The van der Waals surface area contributed by atoms with E-state index >= 15 is 0 Å². The number of hydrogen-bond acceptors (Lipinski definition) is 6. The molecule has 2 aromatic rings. The van der Waals surface area contributed by atoms with Gasteiger partial charge in [0, 0.05) is 32.6 Å². The van der Waals surface area contributed by atoms with Gasteiger partial charge in [-0.05, 0) is 29.7 Å². The highest BCUT2D eigenvalue weighted by Gasteiger charge is 2.28. The Morgan fingerprint density at radius 2 is 1.61 bits per heavy atom. The molecule has 0 saturated carbocycles. The average Bonchev–Trinajstić information content (AvgIpc) is 2.85. The fourth-order valence-electron chi connectivity index (χ4n) is 4.17. The number of rotatable bonds is 7. The number of nitrogens with one attached hydrogen (secondary N) is 1. The first-order valence-corrected chi connectivity index (χ1v) is 12.8. The van der Waals surface area contributed by atoms with Crippen LogP contribution in [0.1, 0.15) is 24.8 Å². The molecular formula is C24H31N3O5S. The number of carbonyl (C=O) groups excluding carboxylic acids is 1. The van der Waals surface area contributed by atoms with Gasteiger partial charge in [-0.25, -0.2) is 8.42 Å². The van der Waals surface area contributed by atoms with E-state index in [9.17, 15) is 13.2 Å². The molecule has 1 amide bonds. The minimum absolute atomic E-state index is 0.0401. The second kappa shape index (κ2) is 10.6. The van der Waals surface area contributed by atoms with E-state index in [4.69, 9.17) is 9.47 Å². The zero-order chi connectivity index (χ0) is 23.3. The monoisotopic (exact) mass is 473 g/mol. The van der Waals surface area contributed by atoms with Crippen molar-refractivity contribution in [3.63, 3.8) is 0 Å². The second-order valence-corrected chi connectivity index (χ2v) is 10.3. The molecule has 8 nitrogen and oxygen atoms in total. The maximum absolute atomic E-state index is 13.2. The Hall–Kier alpha value is -2.46. The summed E-state index contributed by atoms with van der Waals surface area (Å²) in [5.74, 6) is -0.111. The Balaban J connectivity index is 1.58. The van der Waals surface area contributed by atoms with Crippen molar-refractivity contribution in [1.82, 2.24) is 4.31 Å². The van der Waals surface area contributed by atoms with E-state index in [-0.39, 0.29) is 16.7 Å². The standard InChI is InChI=1S/C24H31N3O5S/c1-19(20-5-3-2-4-6-20)17-24(28)25-22-18-21(33(29,30)27-11-15-32-16-12-27)7-8-23(22)26-9-13-31-14-10-26/h2-8,18-19H,9-17H2,1H3,(H,25,28). The fraction of sp³-hybridized carbons (Fsp3) is 0.458. The number of benzene rings is 2. The van der Waals surface area contributed by atoms with Gasteiger partial charge in [-0.1, -0.05) is 37.3 Å². The molecule has 1 unspecified atom stereocenters. The molecule has 0 spiro atoms. The summed E-state index contributed by atoms with van der Waals surface area (Å²) in [6.45, 7) is 5.96.